The lowest BCUT2D eigenvalue weighted by atomic mass is 9.81. The van der Waals surface area contributed by atoms with Crippen molar-refractivity contribution >= 4 is 11.9 Å². The first-order valence-corrected chi connectivity index (χ1v) is 12.4. The number of para-hydroxylation sites is 1. The lowest BCUT2D eigenvalue weighted by Gasteiger charge is -2.39. The Morgan fingerprint density at radius 1 is 0.886 bits per heavy atom. The summed E-state index contributed by atoms with van der Waals surface area (Å²) in [5, 5.41) is 39.3. The molecule has 2 aromatic rings. The number of hydrogen-bond acceptors (Lipinski definition) is 7. The number of benzene rings is 2. The highest BCUT2D eigenvalue weighted by atomic mass is 16.5. The summed E-state index contributed by atoms with van der Waals surface area (Å²) in [5.41, 5.74) is 4.49. The average molecular weight is 486 g/mol. The van der Waals surface area contributed by atoms with E-state index in [4.69, 9.17) is 14.5 Å². The lowest BCUT2D eigenvalue weighted by Crippen LogP contribution is -2.55. The smallest absolute Gasteiger partial charge is 0.119 e. The average Bonchev–Trinajstić information content (AvgIpc) is 2.85. The molecule has 2 unspecified atom stereocenters. The van der Waals surface area contributed by atoms with Crippen LogP contribution in [0.25, 0.3) is 0 Å². The molecule has 2 aromatic carbocycles. The predicted molar refractivity (Wildman–Crippen MR) is 137 cm³/mol. The number of aliphatic imine (C=N–C) groups is 1. The minimum atomic E-state index is -1.34. The highest BCUT2D eigenvalue weighted by Gasteiger charge is 2.42. The van der Waals surface area contributed by atoms with Crippen molar-refractivity contribution in [2.24, 2.45) is 10.9 Å². The topological polar surface area (TPSA) is 112 Å². The zero-order valence-corrected chi connectivity index (χ0v) is 21.0. The Balaban J connectivity index is 1.55. The van der Waals surface area contributed by atoms with Crippen LogP contribution in [0.15, 0.2) is 47.5 Å². The van der Waals surface area contributed by atoms with Gasteiger partial charge in [0.2, 0.25) is 0 Å². The summed E-state index contributed by atoms with van der Waals surface area (Å²) >= 11 is 0. The molecular formula is C28H39NO6. The van der Waals surface area contributed by atoms with E-state index in [0.717, 1.165) is 11.3 Å². The number of rotatable bonds is 10. The molecule has 0 radical (unpaired) electrons. The van der Waals surface area contributed by atoms with Crippen molar-refractivity contribution in [2.75, 3.05) is 19.8 Å². The number of hydrogen-bond donors (Lipinski definition) is 4. The number of nitrogens with zero attached hydrogens (tertiary/aromatic N) is 1. The Morgan fingerprint density at radius 2 is 1.51 bits per heavy atom. The van der Waals surface area contributed by atoms with Crippen LogP contribution in [0.1, 0.15) is 62.6 Å². The highest BCUT2D eigenvalue weighted by Crippen LogP contribution is 2.34. The first kappa shape index (κ1) is 27.3. The van der Waals surface area contributed by atoms with Crippen molar-refractivity contribution in [3.05, 3.63) is 59.2 Å². The summed E-state index contributed by atoms with van der Waals surface area (Å²) < 4.78 is 11.4. The Bertz CT molecular complexity index is 930. The molecule has 0 aromatic heterocycles. The van der Waals surface area contributed by atoms with Gasteiger partial charge in [-0.2, -0.15) is 0 Å². The Kier molecular flexibility index (Phi) is 9.83. The molecule has 1 aliphatic rings. The van der Waals surface area contributed by atoms with Crippen LogP contribution < -0.4 is 4.74 Å². The van der Waals surface area contributed by atoms with Crippen molar-refractivity contribution in [1.82, 2.24) is 0 Å². The third-order valence-electron chi connectivity index (χ3n) is 6.58. The number of aliphatic hydroxyl groups is 4. The van der Waals surface area contributed by atoms with E-state index in [0.29, 0.717) is 17.6 Å². The van der Waals surface area contributed by atoms with Crippen LogP contribution in [0.3, 0.4) is 0 Å². The Labute approximate surface area is 208 Å². The molecule has 0 amide bonds. The molecule has 1 aliphatic carbocycles. The van der Waals surface area contributed by atoms with Crippen LogP contribution in [-0.4, -0.2) is 70.9 Å². The first-order chi connectivity index (χ1) is 16.7. The Hall–Kier alpha value is -2.29. The van der Waals surface area contributed by atoms with E-state index in [1.165, 1.54) is 11.1 Å². The van der Waals surface area contributed by atoms with E-state index < -0.39 is 30.3 Å². The summed E-state index contributed by atoms with van der Waals surface area (Å²) in [6.45, 7) is 8.91. The van der Waals surface area contributed by atoms with Crippen LogP contribution >= 0.6 is 0 Å². The van der Waals surface area contributed by atoms with E-state index in [1.54, 1.807) is 0 Å². The van der Waals surface area contributed by atoms with Gasteiger partial charge in [-0.25, -0.2) is 0 Å². The minimum absolute atomic E-state index is 0.204. The molecule has 0 aliphatic heterocycles. The van der Waals surface area contributed by atoms with Crippen molar-refractivity contribution in [2.45, 2.75) is 70.4 Å². The van der Waals surface area contributed by atoms with Gasteiger partial charge in [-0.1, -0.05) is 45.9 Å². The van der Waals surface area contributed by atoms with Crippen molar-refractivity contribution in [3.8, 4) is 5.75 Å². The molecule has 35 heavy (non-hydrogen) atoms. The maximum absolute atomic E-state index is 10.1. The maximum Gasteiger partial charge on any atom is 0.119 e. The van der Waals surface area contributed by atoms with E-state index in [9.17, 15) is 20.4 Å². The predicted octanol–water partition coefficient (Wildman–Crippen LogP) is 3.54. The van der Waals surface area contributed by atoms with Crippen molar-refractivity contribution < 1.29 is 29.9 Å². The molecule has 0 heterocycles. The largest absolute Gasteiger partial charge is 0.491 e. The first-order valence-electron chi connectivity index (χ1n) is 12.4. The fraction of sp³-hybridized carbons (Fsp3) is 0.536. The SMILES string of the molecule is CC(C)c1cccc(C(C)C)c1N=Cc1ccc(OCCO[C@@H]2CC(CO)[C@@H](O)[C@H](O)C2O)cc1. The molecule has 0 saturated heterocycles. The molecule has 7 nitrogen and oxygen atoms in total. The van der Waals surface area contributed by atoms with Gasteiger partial charge in [0.25, 0.3) is 0 Å². The highest BCUT2D eigenvalue weighted by molar-refractivity contribution is 5.83. The molecule has 0 bridgehead atoms. The second kappa shape index (κ2) is 12.6. The standard InChI is InChI=1S/C28H39NO6/c1-17(2)22-6-5-7-23(18(3)4)25(22)29-15-19-8-10-21(11-9-19)34-12-13-35-24-14-20(16-30)26(31)28(33)27(24)32/h5-11,15,17-18,20,24,26-28,30-33H,12-14,16H2,1-4H3/t20?,24-,26-,27?,28+/m1/s1. The fourth-order valence-corrected chi connectivity index (χ4v) is 4.44. The van der Waals surface area contributed by atoms with E-state index >= 15 is 0 Å². The van der Waals surface area contributed by atoms with Gasteiger partial charge < -0.3 is 29.9 Å². The molecule has 192 valence electrons. The monoisotopic (exact) mass is 485 g/mol. The normalized spacial score (nSPS) is 25.0. The van der Waals surface area contributed by atoms with Gasteiger partial charge in [-0.05, 0) is 59.2 Å². The zero-order valence-electron chi connectivity index (χ0n) is 21.0. The number of aliphatic hydroxyl groups excluding tert-OH is 4. The van der Waals surface area contributed by atoms with Gasteiger partial charge >= 0.3 is 0 Å². The maximum atomic E-state index is 10.1. The van der Waals surface area contributed by atoms with Gasteiger partial charge in [-0.3, -0.25) is 4.99 Å². The summed E-state index contributed by atoms with van der Waals surface area (Å²) in [5.74, 6) is 0.926. The van der Waals surface area contributed by atoms with Crippen molar-refractivity contribution in [1.29, 1.82) is 0 Å². The minimum Gasteiger partial charge on any atom is -0.491 e. The molecule has 7 heteroatoms. The van der Waals surface area contributed by atoms with Crippen LogP contribution in [-0.2, 0) is 4.74 Å². The molecular weight excluding hydrogens is 446 g/mol. The lowest BCUT2D eigenvalue weighted by molar-refractivity contribution is -0.179. The van der Waals surface area contributed by atoms with Gasteiger partial charge in [0, 0.05) is 18.7 Å². The molecule has 1 fully saturated rings. The van der Waals surface area contributed by atoms with Crippen LogP contribution in [0.2, 0.25) is 0 Å². The van der Waals surface area contributed by atoms with Crippen LogP contribution in [0, 0.1) is 5.92 Å². The van der Waals surface area contributed by atoms with E-state index in [-0.39, 0.29) is 26.2 Å². The van der Waals surface area contributed by atoms with Gasteiger partial charge in [-0.15, -0.1) is 0 Å². The third-order valence-corrected chi connectivity index (χ3v) is 6.58. The zero-order chi connectivity index (χ0) is 25.5. The quantitative estimate of drug-likeness (QED) is 0.303. The number of ether oxygens (including phenoxy) is 2. The Morgan fingerprint density at radius 3 is 2.09 bits per heavy atom. The molecule has 3 rings (SSSR count). The third kappa shape index (κ3) is 6.90. The summed E-state index contributed by atoms with van der Waals surface area (Å²) in [7, 11) is 0. The van der Waals surface area contributed by atoms with Gasteiger partial charge in [0.1, 0.15) is 24.6 Å². The molecule has 4 N–H and O–H groups in total. The molecule has 1 saturated carbocycles. The fourth-order valence-electron chi connectivity index (χ4n) is 4.44. The van der Waals surface area contributed by atoms with Crippen LogP contribution in [0.4, 0.5) is 5.69 Å². The van der Waals surface area contributed by atoms with E-state index in [2.05, 4.69) is 45.9 Å². The molecule has 5 atom stereocenters. The second-order valence-corrected chi connectivity index (χ2v) is 9.83. The summed E-state index contributed by atoms with van der Waals surface area (Å²) in [4.78, 5) is 4.84. The molecule has 0 spiro atoms. The van der Waals surface area contributed by atoms with E-state index in [1.807, 2.05) is 30.5 Å². The summed E-state index contributed by atoms with van der Waals surface area (Å²) in [6, 6.07) is 14.0. The van der Waals surface area contributed by atoms with Crippen molar-refractivity contribution in [3.63, 3.8) is 0 Å². The van der Waals surface area contributed by atoms with Gasteiger partial charge in [0.15, 0.2) is 0 Å². The second-order valence-electron chi connectivity index (χ2n) is 9.83. The van der Waals surface area contributed by atoms with Gasteiger partial charge in [0.05, 0.1) is 24.5 Å². The van der Waals surface area contributed by atoms with Crippen LogP contribution in [0.5, 0.6) is 5.75 Å². The summed E-state index contributed by atoms with van der Waals surface area (Å²) in [6.07, 6.45) is -2.24.